The van der Waals surface area contributed by atoms with Gasteiger partial charge in [-0.2, -0.15) is 4.31 Å². The van der Waals surface area contributed by atoms with Crippen LogP contribution in [0.3, 0.4) is 0 Å². The largest absolute Gasteiger partial charge is 0.326 e. The molecular weight excluding hydrogens is 392 g/mol. The van der Waals surface area contributed by atoms with Crippen molar-refractivity contribution in [2.24, 2.45) is 0 Å². The molecule has 2 aromatic carbocycles. The van der Waals surface area contributed by atoms with Crippen molar-refractivity contribution in [2.45, 2.75) is 11.8 Å². The fraction of sp³-hybridized carbons (Fsp3) is 0.300. The van der Waals surface area contributed by atoms with Crippen LogP contribution in [0.5, 0.6) is 0 Å². The molecule has 1 heterocycles. The van der Waals surface area contributed by atoms with Gasteiger partial charge in [0.2, 0.25) is 15.9 Å². The fourth-order valence-electron chi connectivity index (χ4n) is 3.02. The first-order valence-electron chi connectivity index (χ1n) is 9.23. The van der Waals surface area contributed by atoms with Gasteiger partial charge in [-0.3, -0.25) is 9.59 Å². The summed E-state index contributed by atoms with van der Waals surface area (Å²) in [5.74, 6) is -0.590. The van der Waals surface area contributed by atoms with Crippen LogP contribution in [0, 0.1) is 0 Å². The lowest BCUT2D eigenvalue weighted by molar-refractivity contribution is -0.114. The van der Waals surface area contributed by atoms with Crippen LogP contribution in [0.25, 0.3) is 0 Å². The average Bonchev–Trinajstić information content (AvgIpc) is 2.69. The molecule has 1 aliphatic rings. The Hall–Kier alpha value is -2.75. The number of nitrogens with zero attached hydrogens (tertiary/aromatic N) is 2. The molecule has 0 unspecified atom stereocenters. The number of rotatable bonds is 5. The monoisotopic (exact) mass is 416 g/mol. The molecule has 0 aliphatic carbocycles. The van der Waals surface area contributed by atoms with Gasteiger partial charge in [0.1, 0.15) is 0 Å². The molecule has 0 spiro atoms. The van der Waals surface area contributed by atoms with Gasteiger partial charge in [-0.05, 0) is 49.5 Å². The molecule has 8 nitrogen and oxygen atoms in total. The Bertz CT molecular complexity index is 997. The quantitative estimate of drug-likeness (QED) is 0.775. The van der Waals surface area contributed by atoms with Crippen LogP contribution in [0.1, 0.15) is 17.3 Å². The van der Waals surface area contributed by atoms with Crippen LogP contribution in [-0.4, -0.2) is 62.7 Å². The zero-order valence-corrected chi connectivity index (χ0v) is 17.2. The molecule has 0 radical (unpaired) electrons. The minimum Gasteiger partial charge on any atom is -0.326 e. The summed E-state index contributed by atoms with van der Waals surface area (Å²) in [6.07, 6.45) is 0. The van der Waals surface area contributed by atoms with Crippen molar-refractivity contribution in [3.8, 4) is 0 Å². The van der Waals surface area contributed by atoms with Crippen LogP contribution in [0.2, 0.25) is 0 Å². The van der Waals surface area contributed by atoms with Crippen molar-refractivity contribution in [1.82, 2.24) is 9.21 Å². The van der Waals surface area contributed by atoms with E-state index in [4.69, 9.17) is 0 Å². The Morgan fingerprint density at radius 2 is 1.48 bits per heavy atom. The van der Waals surface area contributed by atoms with Crippen molar-refractivity contribution >= 4 is 33.2 Å². The lowest BCUT2D eigenvalue weighted by atomic mass is 10.2. The third-order valence-corrected chi connectivity index (χ3v) is 6.55. The highest BCUT2D eigenvalue weighted by Crippen LogP contribution is 2.20. The number of carbonyl (C=O) groups excluding carboxylic acids is 2. The van der Waals surface area contributed by atoms with Gasteiger partial charge in [0.15, 0.2) is 0 Å². The number of piperazine rings is 1. The third-order valence-electron chi connectivity index (χ3n) is 4.66. The summed E-state index contributed by atoms with van der Waals surface area (Å²) in [5.41, 5.74) is 1.42. The fourth-order valence-corrected chi connectivity index (χ4v) is 4.49. The average molecular weight is 417 g/mol. The smallest absolute Gasteiger partial charge is 0.255 e. The second-order valence-electron chi connectivity index (χ2n) is 6.95. The lowest BCUT2D eigenvalue weighted by Gasteiger charge is -2.31. The number of carbonyl (C=O) groups is 2. The SMILES string of the molecule is CC(=O)Nc1ccc(NC(=O)c2cccc(S(=O)(=O)N3CCN(C)CC3)c2)cc1. The third kappa shape index (κ3) is 5.20. The van der Waals surface area contributed by atoms with Gasteiger partial charge in [-0.15, -0.1) is 0 Å². The van der Waals surface area contributed by atoms with Gasteiger partial charge >= 0.3 is 0 Å². The molecule has 1 saturated heterocycles. The topological polar surface area (TPSA) is 98.8 Å². The number of benzene rings is 2. The number of amides is 2. The molecule has 1 aliphatic heterocycles. The maximum atomic E-state index is 12.9. The van der Waals surface area contributed by atoms with Crippen molar-refractivity contribution in [1.29, 1.82) is 0 Å². The predicted octanol–water partition coefficient (Wildman–Crippen LogP) is 1.83. The number of hydrogen-bond acceptors (Lipinski definition) is 5. The van der Waals surface area contributed by atoms with E-state index in [-0.39, 0.29) is 16.4 Å². The van der Waals surface area contributed by atoms with E-state index in [1.54, 1.807) is 36.4 Å². The standard InChI is InChI=1S/C20H24N4O4S/c1-15(25)21-17-6-8-18(9-7-17)22-20(26)16-4-3-5-19(14-16)29(27,28)24-12-10-23(2)11-13-24/h3-9,14H,10-13H2,1-2H3,(H,21,25)(H,22,26). The van der Waals surface area contributed by atoms with Crippen molar-refractivity contribution in [3.05, 3.63) is 54.1 Å². The molecule has 29 heavy (non-hydrogen) atoms. The molecule has 2 aromatic rings. The first-order valence-corrected chi connectivity index (χ1v) is 10.7. The summed E-state index contributed by atoms with van der Waals surface area (Å²) in [7, 11) is -1.69. The van der Waals surface area contributed by atoms with E-state index in [0.29, 0.717) is 37.6 Å². The first-order chi connectivity index (χ1) is 13.8. The molecule has 0 bridgehead atoms. The summed E-state index contributed by atoms with van der Waals surface area (Å²) < 4.78 is 27.2. The van der Waals surface area contributed by atoms with Gasteiger partial charge in [-0.25, -0.2) is 8.42 Å². The summed E-state index contributed by atoms with van der Waals surface area (Å²) in [4.78, 5) is 25.8. The van der Waals surface area contributed by atoms with Crippen molar-refractivity contribution < 1.29 is 18.0 Å². The molecule has 154 valence electrons. The number of nitrogens with one attached hydrogen (secondary N) is 2. The van der Waals surface area contributed by atoms with E-state index in [1.807, 2.05) is 7.05 Å². The van der Waals surface area contributed by atoms with Gasteiger partial charge in [0.25, 0.3) is 5.91 Å². The van der Waals surface area contributed by atoms with Crippen molar-refractivity contribution in [3.63, 3.8) is 0 Å². The van der Waals surface area contributed by atoms with Crippen LogP contribution in [0.15, 0.2) is 53.4 Å². The van der Waals surface area contributed by atoms with Crippen molar-refractivity contribution in [2.75, 3.05) is 43.9 Å². The summed E-state index contributed by atoms with van der Waals surface area (Å²) in [6.45, 7) is 3.62. The van der Waals surface area contributed by atoms with Crippen LogP contribution < -0.4 is 10.6 Å². The molecule has 0 saturated carbocycles. The van der Waals surface area contributed by atoms with E-state index >= 15 is 0 Å². The van der Waals surface area contributed by atoms with E-state index in [9.17, 15) is 18.0 Å². The molecule has 2 N–H and O–H groups in total. The summed E-state index contributed by atoms with van der Waals surface area (Å²) >= 11 is 0. The Morgan fingerprint density at radius 3 is 2.07 bits per heavy atom. The van der Waals surface area contributed by atoms with E-state index in [0.717, 1.165) is 0 Å². The van der Waals surface area contributed by atoms with E-state index in [2.05, 4.69) is 15.5 Å². The molecule has 0 aromatic heterocycles. The number of hydrogen-bond donors (Lipinski definition) is 2. The first kappa shape index (κ1) is 21.0. The highest BCUT2D eigenvalue weighted by atomic mass is 32.2. The minimum atomic E-state index is -3.65. The van der Waals surface area contributed by atoms with Gasteiger partial charge in [0.05, 0.1) is 4.90 Å². The maximum absolute atomic E-state index is 12.9. The molecule has 1 fully saturated rings. The van der Waals surface area contributed by atoms with Crippen LogP contribution in [-0.2, 0) is 14.8 Å². The molecule has 3 rings (SSSR count). The van der Waals surface area contributed by atoms with E-state index < -0.39 is 15.9 Å². The Morgan fingerprint density at radius 1 is 0.897 bits per heavy atom. The number of sulfonamides is 1. The Kier molecular flexibility index (Phi) is 6.31. The van der Waals surface area contributed by atoms with E-state index in [1.165, 1.54) is 23.4 Å². The Balaban J connectivity index is 1.73. The molecular formula is C20H24N4O4S. The normalized spacial score (nSPS) is 15.7. The Labute approximate surface area is 170 Å². The highest BCUT2D eigenvalue weighted by Gasteiger charge is 2.27. The zero-order valence-electron chi connectivity index (χ0n) is 16.4. The molecule has 0 atom stereocenters. The van der Waals surface area contributed by atoms with Gasteiger partial charge in [0, 0.05) is 50.0 Å². The summed E-state index contributed by atoms with van der Waals surface area (Å²) in [5, 5.41) is 5.38. The summed E-state index contributed by atoms with van der Waals surface area (Å²) in [6, 6.07) is 12.7. The van der Waals surface area contributed by atoms with Crippen LogP contribution >= 0.6 is 0 Å². The highest BCUT2D eigenvalue weighted by molar-refractivity contribution is 7.89. The second kappa shape index (κ2) is 8.73. The maximum Gasteiger partial charge on any atom is 0.255 e. The zero-order chi connectivity index (χ0) is 21.0. The minimum absolute atomic E-state index is 0.107. The van der Waals surface area contributed by atoms with Crippen LogP contribution in [0.4, 0.5) is 11.4 Å². The predicted molar refractivity (Wildman–Crippen MR) is 111 cm³/mol. The molecule has 2 amide bonds. The number of likely N-dealkylation sites (N-methyl/N-ethyl adjacent to an activating group) is 1. The van der Waals surface area contributed by atoms with Gasteiger partial charge < -0.3 is 15.5 Å². The van der Waals surface area contributed by atoms with Gasteiger partial charge in [-0.1, -0.05) is 6.07 Å². The molecule has 9 heteroatoms. The number of anilines is 2. The second-order valence-corrected chi connectivity index (χ2v) is 8.89. The lowest BCUT2D eigenvalue weighted by Crippen LogP contribution is -2.47.